The monoisotopic (exact) mass is 229 g/mol. The minimum Gasteiger partial charge on any atom is -0.241 e. The lowest BCUT2D eigenvalue weighted by Gasteiger charge is -1.93. The predicted octanol–water partition coefficient (Wildman–Crippen LogP) is 3.05. The van der Waals surface area contributed by atoms with E-state index < -0.39 is 0 Å². The van der Waals surface area contributed by atoms with Gasteiger partial charge in [0.1, 0.15) is 5.52 Å². The van der Waals surface area contributed by atoms with Crippen molar-refractivity contribution in [1.82, 2.24) is 14.6 Å². The van der Waals surface area contributed by atoms with Crippen molar-refractivity contribution in [3.63, 3.8) is 0 Å². The molecule has 1 aromatic carbocycles. The lowest BCUT2D eigenvalue weighted by atomic mass is 10.1. The maximum absolute atomic E-state index is 5.99. The lowest BCUT2D eigenvalue weighted by molar-refractivity contribution is 0.950. The molecule has 0 unspecified atom stereocenters. The molecule has 0 aliphatic rings. The van der Waals surface area contributed by atoms with E-state index in [-0.39, 0.29) is 0 Å². The van der Waals surface area contributed by atoms with Gasteiger partial charge in [0.05, 0.1) is 5.69 Å². The van der Waals surface area contributed by atoms with E-state index in [0.29, 0.717) is 5.15 Å². The third-order valence-corrected chi connectivity index (χ3v) is 2.70. The van der Waals surface area contributed by atoms with E-state index in [1.165, 1.54) is 0 Å². The van der Waals surface area contributed by atoms with Crippen LogP contribution in [-0.2, 0) is 0 Å². The molecule has 0 amide bonds. The number of halogens is 1. The molecule has 3 aromatic rings. The summed E-state index contributed by atoms with van der Waals surface area (Å²) in [6.45, 7) is 0. The molecular formula is C12H8ClN3. The predicted molar refractivity (Wildman–Crippen MR) is 63.4 cm³/mol. The lowest BCUT2D eigenvalue weighted by Crippen LogP contribution is -1.88. The van der Waals surface area contributed by atoms with Gasteiger partial charge in [-0.1, -0.05) is 41.9 Å². The number of fused-ring (bicyclic) bond motifs is 1. The van der Waals surface area contributed by atoms with Crippen molar-refractivity contribution in [2.75, 3.05) is 0 Å². The third-order valence-electron chi connectivity index (χ3n) is 2.41. The molecule has 0 atom stereocenters. The second-order valence-electron chi connectivity index (χ2n) is 3.44. The topological polar surface area (TPSA) is 30.2 Å². The standard InChI is InChI=1S/C12H8ClN3/c13-12-11-8-10(9-4-2-1-3-5-9)15-16(11)7-6-14-12/h1-8H. The molecule has 0 aliphatic heterocycles. The van der Waals surface area contributed by atoms with E-state index in [1.807, 2.05) is 36.4 Å². The quantitative estimate of drug-likeness (QED) is 0.642. The summed E-state index contributed by atoms with van der Waals surface area (Å²) in [5.74, 6) is 0. The van der Waals surface area contributed by atoms with E-state index in [1.54, 1.807) is 16.9 Å². The fraction of sp³-hybridized carbons (Fsp3) is 0. The van der Waals surface area contributed by atoms with Gasteiger partial charge in [-0.2, -0.15) is 5.10 Å². The molecule has 2 aromatic heterocycles. The Balaban J connectivity index is 2.23. The summed E-state index contributed by atoms with van der Waals surface area (Å²) in [4.78, 5) is 4.02. The van der Waals surface area contributed by atoms with Gasteiger partial charge in [-0.3, -0.25) is 0 Å². The maximum atomic E-state index is 5.99. The fourth-order valence-electron chi connectivity index (χ4n) is 1.64. The van der Waals surface area contributed by atoms with Crippen LogP contribution in [0.2, 0.25) is 5.15 Å². The molecule has 3 rings (SSSR count). The van der Waals surface area contributed by atoms with Crippen LogP contribution in [0.3, 0.4) is 0 Å². The first-order valence-electron chi connectivity index (χ1n) is 4.90. The molecule has 3 nitrogen and oxygen atoms in total. The first kappa shape index (κ1) is 9.36. The van der Waals surface area contributed by atoms with Crippen molar-refractivity contribution in [2.45, 2.75) is 0 Å². The summed E-state index contributed by atoms with van der Waals surface area (Å²) in [5, 5.41) is 4.91. The summed E-state index contributed by atoms with van der Waals surface area (Å²) >= 11 is 5.99. The largest absolute Gasteiger partial charge is 0.241 e. The summed E-state index contributed by atoms with van der Waals surface area (Å²) in [5.41, 5.74) is 2.79. The molecule has 0 saturated carbocycles. The van der Waals surface area contributed by atoms with Crippen molar-refractivity contribution in [1.29, 1.82) is 0 Å². The van der Waals surface area contributed by atoms with Gasteiger partial charge >= 0.3 is 0 Å². The molecule has 16 heavy (non-hydrogen) atoms. The van der Waals surface area contributed by atoms with Gasteiger partial charge in [0.15, 0.2) is 5.15 Å². The molecule has 0 aliphatic carbocycles. The number of aromatic nitrogens is 3. The van der Waals surface area contributed by atoms with E-state index >= 15 is 0 Å². The molecule has 78 valence electrons. The molecule has 0 bridgehead atoms. The van der Waals surface area contributed by atoms with Crippen molar-refractivity contribution in [2.24, 2.45) is 0 Å². The number of hydrogen-bond donors (Lipinski definition) is 0. The number of hydrogen-bond acceptors (Lipinski definition) is 2. The molecule has 2 heterocycles. The minimum absolute atomic E-state index is 0.470. The maximum Gasteiger partial charge on any atom is 0.154 e. The fourth-order valence-corrected chi connectivity index (χ4v) is 1.84. The van der Waals surface area contributed by atoms with E-state index in [2.05, 4.69) is 10.1 Å². The summed E-state index contributed by atoms with van der Waals surface area (Å²) in [6.07, 6.45) is 3.42. The van der Waals surface area contributed by atoms with Crippen LogP contribution in [0.4, 0.5) is 0 Å². The summed E-state index contributed by atoms with van der Waals surface area (Å²) in [6, 6.07) is 11.9. The first-order valence-corrected chi connectivity index (χ1v) is 5.28. The van der Waals surface area contributed by atoms with E-state index in [4.69, 9.17) is 11.6 Å². The second kappa shape index (κ2) is 3.61. The number of benzene rings is 1. The Bertz CT molecular complexity index is 631. The van der Waals surface area contributed by atoms with Gasteiger partial charge in [0, 0.05) is 18.0 Å². The Kier molecular flexibility index (Phi) is 2.11. The number of rotatable bonds is 1. The van der Waals surface area contributed by atoms with Crippen molar-refractivity contribution in [3.05, 3.63) is 53.9 Å². The van der Waals surface area contributed by atoms with Gasteiger partial charge in [0.25, 0.3) is 0 Å². The van der Waals surface area contributed by atoms with Gasteiger partial charge in [0.2, 0.25) is 0 Å². The molecule has 0 N–H and O–H groups in total. The van der Waals surface area contributed by atoms with Crippen molar-refractivity contribution in [3.8, 4) is 11.3 Å². The molecule has 4 heteroatoms. The smallest absolute Gasteiger partial charge is 0.154 e. The Hall–Kier alpha value is -1.87. The van der Waals surface area contributed by atoms with Crippen molar-refractivity contribution >= 4 is 17.1 Å². The van der Waals surface area contributed by atoms with Gasteiger partial charge in [-0.15, -0.1) is 0 Å². The normalized spacial score (nSPS) is 10.8. The zero-order chi connectivity index (χ0) is 11.0. The Morgan fingerprint density at radius 2 is 1.94 bits per heavy atom. The van der Waals surface area contributed by atoms with Crippen LogP contribution in [0.15, 0.2) is 48.8 Å². The summed E-state index contributed by atoms with van der Waals surface area (Å²) in [7, 11) is 0. The average molecular weight is 230 g/mol. The Labute approximate surface area is 97.3 Å². The minimum atomic E-state index is 0.470. The highest BCUT2D eigenvalue weighted by molar-refractivity contribution is 6.32. The van der Waals surface area contributed by atoms with Crippen molar-refractivity contribution < 1.29 is 0 Å². The third kappa shape index (κ3) is 1.46. The first-order chi connectivity index (χ1) is 7.84. The Morgan fingerprint density at radius 1 is 1.12 bits per heavy atom. The molecule has 0 fully saturated rings. The van der Waals surface area contributed by atoms with E-state index in [0.717, 1.165) is 16.8 Å². The second-order valence-corrected chi connectivity index (χ2v) is 3.80. The number of nitrogens with zero attached hydrogens (tertiary/aromatic N) is 3. The van der Waals surface area contributed by atoms with Crippen LogP contribution in [-0.4, -0.2) is 14.6 Å². The highest BCUT2D eigenvalue weighted by Crippen LogP contribution is 2.22. The van der Waals surface area contributed by atoms with Gasteiger partial charge < -0.3 is 0 Å². The van der Waals surface area contributed by atoms with Crippen LogP contribution < -0.4 is 0 Å². The molecule has 0 radical (unpaired) electrons. The SMILES string of the molecule is Clc1nccn2nc(-c3ccccc3)cc12. The molecule has 0 spiro atoms. The van der Waals surface area contributed by atoms with Gasteiger partial charge in [-0.25, -0.2) is 9.50 Å². The van der Waals surface area contributed by atoms with Crippen LogP contribution in [0.25, 0.3) is 16.8 Å². The van der Waals surface area contributed by atoms with Crippen LogP contribution in [0.5, 0.6) is 0 Å². The summed E-state index contributed by atoms with van der Waals surface area (Å²) < 4.78 is 1.73. The molecular weight excluding hydrogens is 222 g/mol. The highest BCUT2D eigenvalue weighted by atomic mass is 35.5. The van der Waals surface area contributed by atoms with E-state index in [9.17, 15) is 0 Å². The van der Waals surface area contributed by atoms with Gasteiger partial charge in [-0.05, 0) is 6.07 Å². The Morgan fingerprint density at radius 3 is 2.69 bits per heavy atom. The zero-order valence-corrected chi connectivity index (χ0v) is 9.09. The van der Waals surface area contributed by atoms with Crippen LogP contribution >= 0.6 is 11.6 Å². The zero-order valence-electron chi connectivity index (χ0n) is 8.34. The van der Waals surface area contributed by atoms with Crippen LogP contribution in [0, 0.1) is 0 Å². The van der Waals surface area contributed by atoms with Crippen LogP contribution in [0.1, 0.15) is 0 Å². The highest BCUT2D eigenvalue weighted by Gasteiger charge is 2.06. The molecule has 0 saturated heterocycles. The average Bonchev–Trinajstić information content (AvgIpc) is 2.76.